The van der Waals surface area contributed by atoms with Gasteiger partial charge in [0.05, 0.1) is 5.92 Å². The van der Waals surface area contributed by atoms with Crippen molar-refractivity contribution in [1.29, 1.82) is 0 Å². The van der Waals surface area contributed by atoms with Crippen LogP contribution in [0.15, 0.2) is 30.3 Å². The van der Waals surface area contributed by atoms with Crippen LogP contribution in [0.5, 0.6) is 0 Å². The minimum atomic E-state index is -0.620. The maximum absolute atomic E-state index is 12.0. The van der Waals surface area contributed by atoms with Gasteiger partial charge in [0.25, 0.3) is 0 Å². The highest BCUT2D eigenvalue weighted by Gasteiger charge is 2.53. The molecule has 0 amide bonds. The van der Waals surface area contributed by atoms with Crippen LogP contribution in [-0.4, -0.2) is 16.7 Å². The van der Waals surface area contributed by atoms with E-state index in [-0.39, 0.29) is 28.5 Å². The third-order valence-electron chi connectivity index (χ3n) is 4.69. The molecule has 0 aromatic heterocycles. The molecule has 0 spiro atoms. The summed E-state index contributed by atoms with van der Waals surface area (Å²) in [6.07, 6.45) is 5.68. The zero-order valence-corrected chi connectivity index (χ0v) is 12.2. The molecule has 21 heavy (non-hydrogen) atoms. The highest BCUT2D eigenvalue weighted by atomic mass is 35.5. The van der Waals surface area contributed by atoms with Gasteiger partial charge in [-0.15, -0.1) is 0 Å². The van der Waals surface area contributed by atoms with Gasteiger partial charge in [-0.1, -0.05) is 35.9 Å². The molecule has 4 atom stereocenters. The van der Waals surface area contributed by atoms with Gasteiger partial charge in [0.15, 0.2) is 0 Å². The molecule has 0 saturated heterocycles. The van der Waals surface area contributed by atoms with E-state index >= 15 is 0 Å². The Balaban J connectivity index is 1.85. The molecule has 3 saturated carbocycles. The normalized spacial score (nSPS) is 31.8. The maximum Gasteiger partial charge on any atom is 0.223 e. The number of Topliss-reactive ketones (excluding diaryl/α,β-unsaturated/α-hetero) is 1. The standard InChI is InChI=1S/C16H16ClNO3/c17-12-5-1-10(2-6-12)3-7-14-13-8-4-11(9-15(13)19)16(14)18(20)21/h1-3,5-7,11,13-14,16H,4,8-9H2/t11-,13-,14+,16-/m0/s1. The number of ketones is 1. The molecule has 0 N–H and O–H groups in total. The first kappa shape index (κ1) is 14.3. The second-order valence-electron chi connectivity index (χ2n) is 5.88. The second kappa shape index (κ2) is 5.60. The van der Waals surface area contributed by atoms with Gasteiger partial charge in [-0.2, -0.15) is 0 Å². The summed E-state index contributed by atoms with van der Waals surface area (Å²) in [5.41, 5.74) is 0.940. The molecule has 4 rings (SSSR count). The van der Waals surface area contributed by atoms with Crippen LogP contribution < -0.4 is 0 Å². The summed E-state index contributed by atoms with van der Waals surface area (Å²) < 4.78 is 0. The topological polar surface area (TPSA) is 60.2 Å². The molecule has 110 valence electrons. The van der Waals surface area contributed by atoms with E-state index in [4.69, 9.17) is 11.6 Å². The van der Waals surface area contributed by atoms with E-state index in [2.05, 4.69) is 0 Å². The van der Waals surface area contributed by atoms with Crippen LogP contribution in [0.1, 0.15) is 24.8 Å². The largest absolute Gasteiger partial charge is 0.299 e. The van der Waals surface area contributed by atoms with Crippen molar-refractivity contribution < 1.29 is 9.72 Å². The predicted octanol–water partition coefficient (Wildman–Crippen LogP) is 3.61. The highest BCUT2D eigenvalue weighted by Crippen LogP contribution is 2.45. The van der Waals surface area contributed by atoms with E-state index in [1.807, 2.05) is 24.3 Å². The lowest BCUT2D eigenvalue weighted by atomic mass is 9.61. The Labute approximate surface area is 127 Å². The van der Waals surface area contributed by atoms with Crippen LogP contribution in [0, 0.1) is 27.9 Å². The fourth-order valence-electron chi connectivity index (χ4n) is 3.67. The van der Waals surface area contributed by atoms with Gasteiger partial charge < -0.3 is 0 Å². The van der Waals surface area contributed by atoms with Crippen molar-refractivity contribution in [3.8, 4) is 0 Å². The summed E-state index contributed by atoms with van der Waals surface area (Å²) in [4.78, 5) is 23.2. The van der Waals surface area contributed by atoms with Gasteiger partial charge in [-0.25, -0.2) is 0 Å². The SMILES string of the molecule is O=C1C[C@@H]2CC[C@H]1[C@@H](C=Cc1ccc(Cl)cc1)[C@H]2[N+](=O)[O-]. The fraction of sp³-hybridized carbons (Fsp3) is 0.438. The van der Waals surface area contributed by atoms with E-state index in [9.17, 15) is 14.9 Å². The maximum atomic E-state index is 12.0. The lowest BCUT2D eigenvalue weighted by Gasteiger charge is -2.41. The quantitative estimate of drug-likeness (QED) is 0.633. The number of hydrogen-bond acceptors (Lipinski definition) is 3. The molecule has 0 heterocycles. The van der Waals surface area contributed by atoms with Crippen molar-refractivity contribution in [3.63, 3.8) is 0 Å². The number of nitro groups is 1. The molecule has 2 bridgehead atoms. The third-order valence-corrected chi connectivity index (χ3v) is 4.94. The zero-order chi connectivity index (χ0) is 15.0. The van der Waals surface area contributed by atoms with Gasteiger partial charge >= 0.3 is 0 Å². The van der Waals surface area contributed by atoms with Gasteiger partial charge in [0, 0.05) is 28.2 Å². The van der Waals surface area contributed by atoms with Crippen molar-refractivity contribution >= 4 is 23.5 Å². The molecule has 0 aliphatic heterocycles. The van der Waals surface area contributed by atoms with Crippen molar-refractivity contribution in [2.24, 2.45) is 17.8 Å². The molecule has 1 aromatic rings. The molecule has 0 unspecified atom stereocenters. The van der Waals surface area contributed by atoms with E-state index in [0.717, 1.165) is 18.4 Å². The molecule has 4 nitrogen and oxygen atoms in total. The first-order valence-electron chi connectivity index (χ1n) is 7.16. The van der Waals surface area contributed by atoms with Crippen molar-refractivity contribution in [2.45, 2.75) is 25.3 Å². The van der Waals surface area contributed by atoms with Gasteiger partial charge in [0.2, 0.25) is 6.04 Å². The second-order valence-corrected chi connectivity index (χ2v) is 6.31. The van der Waals surface area contributed by atoms with E-state index in [0.29, 0.717) is 11.4 Å². The summed E-state index contributed by atoms with van der Waals surface area (Å²) in [6.45, 7) is 0. The number of carbonyl (C=O) groups is 1. The monoisotopic (exact) mass is 305 g/mol. The average molecular weight is 306 g/mol. The molecule has 0 radical (unpaired) electrons. The van der Waals surface area contributed by atoms with Gasteiger partial charge in [-0.05, 0) is 30.5 Å². The van der Waals surface area contributed by atoms with Gasteiger partial charge in [-0.3, -0.25) is 14.9 Å². The molecular formula is C16H16ClNO3. The Morgan fingerprint density at radius 1 is 1.24 bits per heavy atom. The van der Waals surface area contributed by atoms with E-state index in [1.54, 1.807) is 12.1 Å². The summed E-state index contributed by atoms with van der Waals surface area (Å²) in [6, 6.07) is 6.67. The van der Waals surface area contributed by atoms with Crippen LogP contribution in [0.4, 0.5) is 0 Å². The number of rotatable bonds is 3. The van der Waals surface area contributed by atoms with E-state index < -0.39 is 6.04 Å². The van der Waals surface area contributed by atoms with Crippen LogP contribution in [0.25, 0.3) is 6.08 Å². The first-order chi connectivity index (χ1) is 10.1. The zero-order valence-electron chi connectivity index (χ0n) is 11.4. The van der Waals surface area contributed by atoms with Crippen LogP contribution in [0.2, 0.25) is 5.02 Å². The smallest absolute Gasteiger partial charge is 0.223 e. The Kier molecular flexibility index (Phi) is 3.81. The van der Waals surface area contributed by atoms with Crippen LogP contribution in [0.3, 0.4) is 0 Å². The number of halogens is 1. The Morgan fingerprint density at radius 3 is 2.57 bits per heavy atom. The molecule has 5 heteroatoms. The lowest BCUT2D eigenvalue weighted by molar-refractivity contribution is -0.545. The molecular weight excluding hydrogens is 290 g/mol. The summed E-state index contributed by atoms with van der Waals surface area (Å²) >= 11 is 5.84. The number of benzene rings is 1. The minimum absolute atomic E-state index is 0.0997. The van der Waals surface area contributed by atoms with E-state index in [1.165, 1.54) is 0 Å². The number of carbonyl (C=O) groups excluding carboxylic acids is 1. The number of fused-ring (bicyclic) bond motifs is 3. The molecule has 3 aliphatic rings. The Bertz CT molecular complexity index is 596. The molecule has 1 aromatic carbocycles. The molecule has 3 aliphatic carbocycles. The fourth-order valence-corrected chi connectivity index (χ4v) is 3.80. The Morgan fingerprint density at radius 2 is 1.95 bits per heavy atom. The predicted molar refractivity (Wildman–Crippen MR) is 80.6 cm³/mol. The number of hydrogen-bond donors (Lipinski definition) is 0. The summed E-state index contributed by atoms with van der Waals surface area (Å²) in [5.74, 6) is -0.378. The van der Waals surface area contributed by atoms with Crippen LogP contribution >= 0.6 is 11.6 Å². The van der Waals surface area contributed by atoms with Crippen molar-refractivity contribution in [3.05, 3.63) is 51.0 Å². The lowest BCUT2D eigenvalue weighted by Crippen LogP contribution is -2.51. The van der Waals surface area contributed by atoms with Crippen molar-refractivity contribution in [2.75, 3.05) is 0 Å². The van der Waals surface area contributed by atoms with Crippen LogP contribution in [-0.2, 0) is 4.79 Å². The van der Waals surface area contributed by atoms with Gasteiger partial charge in [0.1, 0.15) is 5.78 Å². The minimum Gasteiger partial charge on any atom is -0.299 e. The summed E-state index contributed by atoms with van der Waals surface area (Å²) in [5, 5.41) is 12.0. The number of nitrogens with zero attached hydrogens (tertiary/aromatic N) is 1. The third kappa shape index (κ3) is 2.72. The van der Waals surface area contributed by atoms with Crippen molar-refractivity contribution in [1.82, 2.24) is 0 Å². The first-order valence-corrected chi connectivity index (χ1v) is 7.54. The summed E-state index contributed by atoms with van der Waals surface area (Å²) in [7, 11) is 0. The average Bonchev–Trinajstić information content (AvgIpc) is 2.46. The highest BCUT2D eigenvalue weighted by molar-refractivity contribution is 6.30. The Hall–Kier alpha value is -1.68. The molecule has 3 fully saturated rings.